The van der Waals surface area contributed by atoms with Crippen LogP contribution < -0.4 is 10.2 Å². The summed E-state index contributed by atoms with van der Waals surface area (Å²) in [6.07, 6.45) is 1.75. The number of nitrogens with zero attached hydrogens (tertiary/aromatic N) is 1. The zero-order chi connectivity index (χ0) is 18.5. The van der Waals surface area contributed by atoms with Gasteiger partial charge in [0, 0.05) is 12.3 Å². The highest BCUT2D eigenvalue weighted by atomic mass is 16.7. The summed E-state index contributed by atoms with van der Waals surface area (Å²) in [5.41, 5.74) is 2.55. The second-order valence-corrected chi connectivity index (χ2v) is 7.55. The Bertz CT molecular complexity index is 914. The highest BCUT2D eigenvalue weighted by Gasteiger charge is 2.51. The molecule has 0 N–H and O–H groups in total. The number of rotatable bonds is 3. The summed E-state index contributed by atoms with van der Waals surface area (Å²) >= 11 is 0. The van der Waals surface area contributed by atoms with Crippen LogP contribution in [0.5, 0.6) is 5.75 Å². The first-order chi connectivity index (χ1) is 12.3. The van der Waals surface area contributed by atoms with Crippen molar-refractivity contribution >= 4 is 23.7 Å². The van der Waals surface area contributed by atoms with E-state index in [0.717, 1.165) is 27.9 Å². The van der Waals surface area contributed by atoms with Gasteiger partial charge in [0.05, 0.1) is 23.9 Å². The summed E-state index contributed by atoms with van der Waals surface area (Å²) in [7, 11) is 1.21. The predicted octanol–water partition coefficient (Wildman–Crippen LogP) is 3.80. The van der Waals surface area contributed by atoms with Crippen molar-refractivity contribution in [3.05, 3.63) is 42.6 Å². The fraction of sp³-hybridized carbons (Fsp3) is 0.350. The molecule has 134 valence electrons. The van der Waals surface area contributed by atoms with Gasteiger partial charge in [-0.25, -0.2) is 0 Å². The zero-order valence-electron chi connectivity index (χ0n) is 15.7. The van der Waals surface area contributed by atoms with E-state index in [4.69, 9.17) is 18.5 Å². The molecule has 0 unspecified atom stereocenters. The highest BCUT2D eigenvalue weighted by molar-refractivity contribution is 6.62. The van der Waals surface area contributed by atoms with Gasteiger partial charge in [0.2, 0.25) is 0 Å². The number of ether oxygens (including phenoxy) is 1. The van der Waals surface area contributed by atoms with Crippen LogP contribution >= 0.6 is 0 Å². The second-order valence-electron chi connectivity index (χ2n) is 7.55. The fourth-order valence-electron chi connectivity index (χ4n) is 3.05. The third kappa shape index (κ3) is 2.70. The lowest BCUT2D eigenvalue weighted by Crippen LogP contribution is -2.41. The molecule has 3 heterocycles. The Morgan fingerprint density at radius 1 is 1.00 bits per heavy atom. The average Bonchev–Trinajstić information content (AvgIpc) is 3.12. The minimum absolute atomic E-state index is 0.388. The van der Waals surface area contributed by atoms with Crippen molar-refractivity contribution in [2.45, 2.75) is 38.9 Å². The van der Waals surface area contributed by atoms with Crippen molar-refractivity contribution in [3.63, 3.8) is 0 Å². The van der Waals surface area contributed by atoms with Gasteiger partial charge in [0.15, 0.2) is 5.58 Å². The summed E-state index contributed by atoms with van der Waals surface area (Å²) in [6, 6.07) is 11.5. The lowest BCUT2D eigenvalue weighted by molar-refractivity contribution is 0.00578. The van der Waals surface area contributed by atoms with Crippen LogP contribution in [-0.2, 0) is 9.31 Å². The van der Waals surface area contributed by atoms with Crippen LogP contribution in [0.2, 0.25) is 0 Å². The maximum absolute atomic E-state index is 6.17. The molecular weight excluding hydrogens is 329 g/mol. The zero-order valence-corrected chi connectivity index (χ0v) is 15.7. The van der Waals surface area contributed by atoms with E-state index in [2.05, 4.69) is 4.98 Å². The summed E-state index contributed by atoms with van der Waals surface area (Å²) < 4.78 is 23.8. The summed E-state index contributed by atoms with van der Waals surface area (Å²) in [6.45, 7) is 8.18. The molecule has 1 aromatic carbocycles. The third-order valence-corrected chi connectivity index (χ3v) is 5.30. The third-order valence-electron chi connectivity index (χ3n) is 5.30. The van der Waals surface area contributed by atoms with Crippen LogP contribution in [0.15, 0.2) is 47.0 Å². The van der Waals surface area contributed by atoms with E-state index < -0.39 is 7.12 Å². The molecule has 5 nitrogen and oxygen atoms in total. The molecule has 26 heavy (non-hydrogen) atoms. The molecule has 6 heteroatoms. The molecule has 1 saturated heterocycles. The maximum Gasteiger partial charge on any atom is 0.494 e. The molecule has 0 aliphatic carbocycles. The summed E-state index contributed by atoms with van der Waals surface area (Å²) in [4.78, 5) is 4.34. The Morgan fingerprint density at radius 2 is 1.73 bits per heavy atom. The van der Waals surface area contributed by atoms with Crippen LogP contribution in [0.3, 0.4) is 0 Å². The van der Waals surface area contributed by atoms with E-state index in [9.17, 15) is 0 Å². The molecule has 4 rings (SSSR count). The molecule has 0 amide bonds. The van der Waals surface area contributed by atoms with E-state index >= 15 is 0 Å². The fourth-order valence-corrected chi connectivity index (χ4v) is 3.05. The molecule has 1 aliphatic rings. The number of aromatic nitrogens is 1. The molecule has 2 aromatic heterocycles. The van der Waals surface area contributed by atoms with Gasteiger partial charge in [-0.3, -0.25) is 4.98 Å². The van der Waals surface area contributed by atoms with Crippen molar-refractivity contribution < 1.29 is 18.5 Å². The molecule has 0 saturated carbocycles. The van der Waals surface area contributed by atoms with Crippen LogP contribution in [-0.4, -0.2) is 30.4 Å². The Hall–Kier alpha value is -2.31. The average molecular weight is 351 g/mol. The smallest absolute Gasteiger partial charge is 0.494 e. The van der Waals surface area contributed by atoms with Gasteiger partial charge in [0.25, 0.3) is 0 Å². The van der Waals surface area contributed by atoms with E-state index in [1.165, 1.54) is 0 Å². The van der Waals surface area contributed by atoms with E-state index in [0.29, 0.717) is 5.76 Å². The molecule has 0 radical (unpaired) electrons. The van der Waals surface area contributed by atoms with Crippen LogP contribution in [0.1, 0.15) is 27.7 Å². The number of furan rings is 1. The number of fused-ring (bicyclic) bond motifs is 1. The van der Waals surface area contributed by atoms with Crippen molar-refractivity contribution in [1.82, 2.24) is 4.98 Å². The van der Waals surface area contributed by atoms with Gasteiger partial charge in [-0.2, -0.15) is 0 Å². The number of benzene rings is 1. The number of pyridine rings is 1. The Morgan fingerprint density at radius 3 is 2.38 bits per heavy atom. The van der Waals surface area contributed by atoms with E-state index in [1.54, 1.807) is 13.3 Å². The summed E-state index contributed by atoms with van der Waals surface area (Å²) in [5.74, 6) is 1.43. The first-order valence-corrected chi connectivity index (χ1v) is 8.69. The van der Waals surface area contributed by atoms with Gasteiger partial charge in [0.1, 0.15) is 17.0 Å². The topological polar surface area (TPSA) is 53.7 Å². The minimum atomic E-state index is -0.438. The van der Waals surface area contributed by atoms with E-state index in [1.807, 2.05) is 64.1 Å². The maximum atomic E-state index is 6.17. The number of methoxy groups -OCH3 is 1. The van der Waals surface area contributed by atoms with Gasteiger partial charge >= 0.3 is 7.12 Å². The van der Waals surface area contributed by atoms with E-state index in [-0.39, 0.29) is 11.2 Å². The highest BCUT2D eigenvalue weighted by Crippen LogP contribution is 2.38. The first kappa shape index (κ1) is 17.1. The van der Waals surface area contributed by atoms with Crippen molar-refractivity contribution in [2.75, 3.05) is 7.11 Å². The largest absolute Gasteiger partial charge is 0.496 e. The lowest BCUT2D eigenvalue weighted by Gasteiger charge is -2.32. The van der Waals surface area contributed by atoms with Crippen LogP contribution in [0.4, 0.5) is 0 Å². The quantitative estimate of drug-likeness (QED) is 0.672. The monoisotopic (exact) mass is 351 g/mol. The first-order valence-electron chi connectivity index (χ1n) is 8.69. The van der Waals surface area contributed by atoms with Gasteiger partial charge in [-0.05, 0) is 57.4 Å². The predicted molar refractivity (Wildman–Crippen MR) is 102 cm³/mol. The molecule has 0 spiro atoms. The van der Waals surface area contributed by atoms with Crippen molar-refractivity contribution in [3.8, 4) is 17.1 Å². The molecule has 3 aromatic rings. The SMILES string of the molecule is COc1ccc(B2OC(C)(C)C(C)(C)O2)cc1-c1cc2ncccc2o1. The summed E-state index contributed by atoms with van der Waals surface area (Å²) in [5, 5.41) is 0. The van der Waals surface area contributed by atoms with Gasteiger partial charge in [-0.1, -0.05) is 6.07 Å². The Balaban J connectivity index is 1.77. The molecule has 1 fully saturated rings. The van der Waals surface area contributed by atoms with Crippen LogP contribution in [0.25, 0.3) is 22.4 Å². The number of hydrogen-bond donors (Lipinski definition) is 0. The molecule has 0 bridgehead atoms. The van der Waals surface area contributed by atoms with Gasteiger partial charge < -0.3 is 18.5 Å². The van der Waals surface area contributed by atoms with Crippen molar-refractivity contribution in [1.29, 1.82) is 0 Å². The van der Waals surface area contributed by atoms with Gasteiger partial charge in [-0.15, -0.1) is 0 Å². The molecule has 0 atom stereocenters. The standard InChI is InChI=1S/C20H22BNO4/c1-19(2)20(3,4)26-21(25-19)13-8-9-16(23-5)14(11-13)18-12-15-17(24-18)7-6-10-22-15/h6-12H,1-5H3. The Labute approximate surface area is 153 Å². The minimum Gasteiger partial charge on any atom is -0.496 e. The second kappa shape index (κ2) is 5.86. The normalized spacial score (nSPS) is 18.4. The van der Waals surface area contributed by atoms with Crippen LogP contribution in [0, 0.1) is 0 Å². The molecule has 1 aliphatic heterocycles. The molecular formula is C20H22BNO4. The lowest BCUT2D eigenvalue weighted by atomic mass is 9.78. The van der Waals surface area contributed by atoms with Crippen molar-refractivity contribution in [2.24, 2.45) is 0 Å². The Kier molecular flexibility index (Phi) is 3.86. The number of hydrogen-bond acceptors (Lipinski definition) is 5.